The third-order valence-corrected chi connectivity index (χ3v) is 2.40. The van der Waals surface area contributed by atoms with Crippen LogP contribution in [0, 0.1) is 0 Å². The van der Waals surface area contributed by atoms with Crippen molar-refractivity contribution in [1.29, 1.82) is 0 Å². The molecule has 1 nitrogen and oxygen atoms in total. The molecule has 0 heterocycles. The van der Waals surface area contributed by atoms with Gasteiger partial charge in [0.25, 0.3) is 0 Å². The minimum Gasteiger partial charge on any atom is -0.381 e. The minimum absolute atomic E-state index is 0.285. The summed E-state index contributed by atoms with van der Waals surface area (Å²) in [6, 6.07) is 10.4. The summed E-state index contributed by atoms with van der Waals surface area (Å²) >= 11 is 0. The second kappa shape index (κ2) is 4.27. The second-order valence-corrected chi connectivity index (χ2v) is 3.14. The first-order chi connectivity index (χ1) is 5.75. The van der Waals surface area contributed by atoms with Crippen molar-refractivity contribution < 1.29 is 4.74 Å². The van der Waals surface area contributed by atoms with Crippen LogP contribution in [0.4, 0.5) is 0 Å². The normalized spacial score (nSPS) is 15.6. The molecule has 0 aromatic heterocycles. The highest BCUT2D eigenvalue weighted by Crippen LogP contribution is 2.19. The SMILES string of the molecule is CO[C@@H](C)[C@H](C)c1ccccc1. The van der Waals surface area contributed by atoms with E-state index in [0.29, 0.717) is 5.92 Å². The van der Waals surface area contributed by atoms with Gasteiger partial charge in [-0.05, 0) is 12.5 Å². The fraction of sp³-hybridized carbons (Fsp3) is 0.455. The zero-order chi connectivity index (χ0) is 8.97. The van der Waals surface area contributed by atoms with Crippen molar-refractivity contribution in [3.63, 3.8) is 0 Å². The van der Waals surface area contributed by atoms with E-state index in [1.807, 2.05) is 6.07 Å². The average Bonchev–Trinajstić information content (AvgIpc) is 2.17. The van der Waals surface area contributed by atoms with Crippen molar-refractivity contribution in [2.45, 2.75) is 25.9 Å². The Bertz CT molecular complexity index is 218. The summed E-state index contributed by atoms with van der Waals surface area (Å²) in [5.74, 6) is 0.469. The first-order valence-corrected chi connectivity index (χ1v) is 4.33. The first-order valence-electron chi connectivity index (χ1n) is 4.33. The number of hydrogen-bond acceptors (Lipinski definition) is 1. The molecule has 0 N–H and O–H groups in total. The molecule has 0 aliphatic carbocycles. The van der Waals surface area contributed by atoms with Gasteiger partial charge in [0, 0.05) is 13.0 Å². The monoisotopic (exact) mass is 164 g/mol. The lowest BCUT2D eigenvalue weighted by Gasteiger charge is -2.18. The number of methoxy groups -OCH3 is 1. The summed E-state index contributed by atoms with van der Waals surface area (Å²) in [5.41, 5.74) is 1.34. The highest BCUT2D eigenvalue weighted by atomic mass is 16.5. The van der Waals surface area contributed by atoms with E-state index in [-0.39, 0.29) is 6.10 Å². The molecular formula is C11H16O. The lowest BCUT2D eigenvalue weighted by atomic mass is 9.96. The summed E-state index contributed by atoms with van der Waals surface area (Å²) in [6.07, 6.45) is 0.285. The number of ether oxygens (including phenoxy) is 1. The predicted octanol–water partition coefficient (Wildman–Crippen LogP) is 2.83. The number of hydrogen-bond donors (Lipinski definition) is 0. The summed E-state index contributed by atoms with van der Waals surface area (Å²) in [6.45, 7) is 4.28. The van der Waals surface area contributed by atoms with Crippen molar-refractivity contribution >= 4 is 0 Å². The molecule has 0 spiro atoms. The van der Waals surface area contributed by atoms with E-state index in [9.17, 15) is 0 Å². The molecule has 0 unspecified atom stereocenters. The Morgan fingerprint density at radius 2 is 1.67 bits per heavy atom. The Kier molecular flexibility index (Phi) is 3.30. The van der Waals surface area contributed by atoms with Crippen molar-refractivity contribution in [2.75, 3.05) is 7.11 Å². The van der Waals surface area contributed by atoms with Crippen LogP contribution < -0.4 is 0 Å². The van der Waals surface area contributed by atoms with Crippen LogP contribution in [0.1, 0.15) is 25.3 Å². The molecule has 2 atom stereocenters. The standard InChI is InChI=1S/C11H16O/c1-9(10(2)12-3)11-7-5-4-6-8-11/h4-10H,1-3H3/t9-,10-/m0/s1. The summed E-state index contributed by atoms with van der Waals surface area (Å²) < 4.78 is 5.27. The van der Waals surface area contributed by atoms with E-state index in [0.717, 1.165) is 0 Å². The summed E-state index contributed by atoms with van der Waals surface area (Å²) in [4.78, 5) is 0. The second-order valence-electron chi connectivity index (χ2n) is 3.14. The minimum atomic E-state index is 0.285. The quantitative estimate of drug-likeness (QED) is 0.667. The maximum atomic E-state index is 5.27. The maximum absolute atomic E-state index is 5.27. The molecule has 0 bridgehead atoms. The van der Waals surface area contributed by atoms with E-state index in [1.165, 1.54) is 5.56 Å². The Hall–Kier alpha value is -0.820. The predicted molar refractivity (Wildman–Crippen MR) is 51.3 cm³/mol. The molecule has 1 rings (SSSR count). The molecule has 0 aliphatic rings. The Morgan fingerprint density at radius 1 is 1.08 bits per heavy atom. The molecule has 1 heteroatoms. The molecule has 0 saturated heterocycles. The smallest absolute Gasteiger partial charge is 0.0609 e. The summed E-state index contributed by atoms with van der Waals surface area (Å²) in [7, 11) is 1.75. The van der Waals surface area contributed by atoms with Gasteiger partial charge in [0.2, 0.25) is 0 Å². The number of rotatable bonds is 3. The van der Waals surface area contributed by atoms with Crippen molar-refractivity contribution in [3.8, 4) is 0 Å². The van der Waals surface area contributed by atoms with Gasteiger partial charge in [0.05, 0.1) is 6.10 Å². The van der Waals surface area contributed by atoms with Gasteiger partial charge in [0.1, 0.15) is 0 Å². The number of benzene rings is 1. The van der Waals surface area contributed by atoms with Gasteiger partial charge in [-0.25, -0.2) is 0 Å². The van der Waals surface area contributed by atoms with Crippen molar-refractivity contribution in [3.05, 3.63) is 35.9 Å². The van der Waals surface area contributed by atoms with Gasteiger partial charge < -0.3 is 4.74 Å². The fourth-order valence-corrected chi connectivity index (χ4v) is 1.23. The zero-order valence-electron chi connectivity index (χ0n) is 7.95. The molecule has 66 valence electrons. The average molecular weight is 164 g/mol. The van der Waals surface area contributed by atoms with Crippen LogP contribution in [-0.2, 0) is 4.74 Å². The van der Waals surface area contributed by atoms with Gasteiger partial charge in [-0.15, -0.1) is 0 Å². The van der Waals surface area contributed by atoms with Gasteiger partial charge in [0.15, 0.2) is 0 Å². The van der Waals surface area contributed by atoms with E-state index in [4.69, 9.17) is 4.74 Å². The topological polar surface area (TPSA) is 9.23 Å². The van der Waals surface area contributed by atoms with Crippen LogP contribution in [0.25, 0.3) is 0 Å². The zero-order valence-corrected chi connectivity index (χ0v) is 7.95. The lowest BCUT2D eigenvalue weighted by molar-refractivity contribution is 0.0990. The fourth-order valence-electron chi connectivity index (χ4n) is 1.23. The van der Waals surface area contributed by atoms with Crippen molar-refractivity contribution in [2.24, 2.45) is 0 Å². The molecule has 0 saturated carbocycles. The third kappa shape index (κ3) is 2.08. The van der Waals surface area contributed by atoms with Crippen LogP contribution in [-0.4, -0.2) is 13.2 Å². The van der Waals surface area contributed by atoms with Crippen LogP contribution >= 0.6 is 0 Å². The van der Waals surface area contributed by atoms with Crippen LogP contribution in [0.3, 0.4) is 0 Å². The Balaban J connectivity index is 2.71. The van der Waals surface area contributed by atoms with Crippen molar-refractivity contribution in [1.82, 2.24) is 0 Å². The van der Waals surface area contributed by atoms with Crippen LogP contribution in [0.2, 0.25) is 0 Å². The molecule has 0 radical (unpaired) electrons. The molecule has 0 fully saturated rings. The molecule has 1 aromatic rings. The van der Waals surface area contributed by atoms with Gasteiger partial charge in [-0.1, -0.05) is 37.3 Å². The largest absolute Gasteiger partial charge is 0.381 e. The van der Waals surface area contributed by atoms with E-state index in [2.05, 4.69) is 38.1 Å². The molecule has 0 aliphatic heterocycles. The maximum Gasteiger partial charge on any atom is 0.0609 e. The van der Waals surface area contributed by atoms with Gasteiger partial charge >= 0.3 is 0 Å². The third-order valence-electron chi connectivity index (χ3n) is 2.40. The highest BCUT2D eigenvalue weighted by molar-refractivity contribution is 5.19. The molecule has 0 amide bonds. The molecule has 12 heavy (non-hydrogen) atoms. The van der Waals surface area contributed by atoms with Gasteiger partial charge in [-0.3, -0.25) is 0 Å². The lowest BCUT2D eigenvalue weighted by Crippen LogP contribution is -2.13. The summed E-state index contributed by atoms with van der Waals surface area (Å²) in [5, 5.41) is 0. The van der Waals surface area contributed by atoms with Crippen LogP contribution in [0.15, 0.2) is 30.3 Å². The van der Waals surface area contributed by atoms with E-state index in [1.54, 1.807) is 7.11 Å². The Labute approximate surface area is 74.4 Å². The van der Waals surface area contributed by atoms with Crippen LogP contribution in [0.5, 0.6) is 0 Å². The molecule has 1 aromatic carbocycles. The van der Waals surface area contributed by atoms with E-state index < -0.39 is 0 Å². The van der Waals surface area contributed by atoms with Gasteiger partial charge in [-0.2, -0.15) is 0 Å². The molecular weight excluding hydrogens is 148 g/mol. The van der Waals surface area contributed by atoms with E-state index >= 15 is 0 Å². The Morgan fingerprint density at radius 3 is 2.17 bits per heavy atom. The highest BCUT2D eigenvalue weighted by Gasteiger charge is 2.12. The first kappa shape index (κ1) is 9.27.